The Morgan fingerprint density at radius 3 is 2.82 bits per heavy atom. The molecule has 0 aliphatic carbocycles. The van der Waals surface area contributed by atoms with Crippen molar-refractivity contribution >= 4 is 5.88 Å². The van der Waals surface area contributed by atoms with E-state index >= 15 is 0 Å². The van der Waals surface area contributed by atoms with Crippen molar-refractivity contribution in [2.75, 3.05) is 5.73 Å². The van der Waals surface area contributed by atoms with E-state index < -0.39 is 0 Å². The van der Waals surface area contributed by atoms with E-state index in [0.717, 1.165) is 18.5 Å². The topological polar surface area (TPSA) is 52.0 Å². The zero-order valence-corrected chi connectivity index (χ0v) is 7.00. The van der Waals surface area contributed by atoms with Crippen LogP contribution < -0.4 is 5.73 Å². The molecule has 0 amide bonds. The summed E-state index contributed by atoms with van der Waals surface area (Å²) in [7, 11) is 0. The smallest absolute Gasteiger partial charge is 0.222 e. The summed E-state index contributed by atoms with van der Waals surface area (Å²) in [6, 6.07) is 1.78. The predicted octanol–water partition coefficient (Wildman–Crippen LogP) is 1.85. The quantitative estimate of drug-likeness (QED) is 0.722. The van der Waals surface area contributed by atoms with Crippen LogP contribution in [-0.2, 0) is 6.42 Å². The minimum atomic E-state index is 0.406. The second kappa shape index (κ2) is 3.42. The van der Waals surface area contributed by atoms with Crippen molar-refractivity contribution in [3.63, 3.8) is 0 Å². The fraction of sp³-hybridized carbons (Fsp3) is 0.625. The Morgan fingerprint density at radius 2 is 2.36 bits per heavy atom. The molecule has 3 nitrogen and oxygen atoms in total. The molecule has 0 saturated heterocycles. The number of hydrogen-bond donors (Lipinski definition) is 1. The minimum absolute atomic E-state index is 0.406. The lowest BCUT2D eigenvalue weighted by Crippen LogP contribution is -1.91. The lowest BCUT2D eigenvalue weighted by Gasteiger charge is -1.99. The van der Waals surface area contributed by atoms with Gasteiger partial charge in [0.25, 0.3) is 0 Å². The van der Waals surface area contributed by atoms with Crippen molar-refractivity contribution in [2.24, 2.45) is 5.92 Å². The fourth-order valence-corrected chi connectivity index (χ4v) is 0.883. The van der Waals surface area contributed by atoms with Gasteiger partial charge in [-0.3, -0.25) is 0 Å². The van der Waals surface area contributed by atoms with E-state index in [4.69, 9.17) is 10.3 Å². The average molecular weight is 154 g/mol. The molecule has 0 atom stereocenters. The van der Waals surface area contributed by atoms with Gasteiger partial charge in [-0.05, 0) is 18.8 Å². The van der Waals surface area contributed by atoms with Crippen LogP contribution in [0.2, 0.25) is 0 Å². The van der Waals surface area contributed by atoms with Gasteiger partial charge in [0.05, 0.1) is 5.69 Å². The van der Waals surface area contributed by atoms with Crippen LogP contribution in [0.5, 0.6) is 0 Å². The maximum Gasteiger partial charge on any atom is 0.222 e. The molecule has 2 N–H and O–H groups in total. The predicted molar refractivity (Wildman–Crippen MR) is 44.1 cm³/mol. The standard InChI is InChI=1S/C8H14N2O/c1-6(2)3-4-7-5-8(9)11-10-7/h5-6H,3-4,9H2,1-2H3. The maximum atomic E-state index is 5.36. The summed E-state index contributed by atoms with van der Waals surface area (Å²) in [4.78, 5) is 0. The van der Waals surface area contributed by atoms with Crippen LogP contribution in [0.1, 0.15) is 26.0 Å². The number of hydrogen-bond acceptors (Lipinski definition) is 3. The third-order valence-corrected chi connectivity index (χ3v) is 1.56. The van der Waals surface area contributed by atoms with Gasteiger partial charge in [-0.2, -0.15) is 0 Å². The first-order valence-corrected chi connectivity index (χ1v) is 3.89. The Morgan fingerprint density at radius 1 is 1.64 bits per heavy atom. The molecule has 0 fully saturated rings. The average Bonchev–Trinajstić information content (AvgIpc) is 2.31. The van der Waals surface area contributed by atoms with Crippen LogP contribution in [0.4, 0.5) is 5.88 Å². The molecule has 0 radical (unpaired) electrons. The van der Waals surface area contributed by atoms with E-state index in [0.29, 0.717) is 11.8 Å². The van der Waals surface area contributed by atoms with E-state index in [1.54, 1.807) is 6.07 Å². The third kappa shape index (κ3) is 2.62. The molecule has 3 heteroatoms. The Bertz CT molecular complexity index is 218. The lowest BCUT2D eigenvalue weighted by molar-refractivity contribution is 0.423. The molecule has 0 aromatic carbocycles. The van der Waals surface area contributed by atoms with Crippen LogP contribution in [0, 0.1) is 5.92 Å². The van der Waals surface area contributed by atoms with E-state index in [9.17, 15) is 0 Å². The Kier molecular flexibility index (Phi) is 2.52. The van der Waals surface area contributed by atoms with Crippen LogP contribution in [0.25, 0.3) is 0 Å². The monoisotopic (exact) mass is 154 g/mol. The van der Waals surface area contributed by atoms with Gasteiger partial charge >= 0.3 is 0 Å². The zero-order valence-electron chi connectivity index (χ0n) is 7.00. The second-order valence-corrected chi connectivity index (χ2v) is 3.15. The first-order chi connectivity index (χ1) is 5.18. The summed E-state index contributed by atoms with van der Waals surface area (Å²) in [6.45, 7) is 4.37. The van der Waals surface area contributed by atoms with E-state index in [2.05, 4.69) is 19.0 Å². The Balaban J connectivity index is 2.39. The largest absolute Gasteiger partial charge is 0.368 e. The van der Waals surface area contributed by atoms with Crippen molar-refractivity contribution in [2.45, 2.75) is 26.7 Å². The number of anilines is 1. The molecule has 62 valence electrons. The molecule has 1 aromatic rings. The van der Waals surface area contributed by atoms with Gasteiger partial charge in [0.1, 0.15) is 0 Å². The molecule has 0 aliphatic rings. The van der Waals surface area contributed by atoms with Gasteiger partial charge < -0.3 is 10.3 Å². The highest BCUT2D eigenvalue weighted by molar-refractivity contribution is 5.24. The van der Waals surface area contributed by atoms with E-state index in [-0.39, 0.29) is 0 Å². The van der Waals surface area contributed by atoms with Crippen molar-refractivity contribution in [3.05, 3.63) is 11.8 Å². The number of aromatic nitrogens is 1. The molecule has 1 rings (SSSR count). The molecule has 1 aromatic heterocycles. The van der Waals surface area contributed by atoms with Crippen LogP contribution in [-0.4, -0.2) is 5.16 Å². The maximum absolute atomic E-state index is 5.36. The van der Waals surface area contributed by atoms with Gasteiger partial charge in [-0.15, -0.1) is 0 Å². The SMILES string of the molecule is CC(C)CCc1cc(N)on1. The summed E-state index contributed by atoms with van der Waals surface area (Å²) < 4.78 is 4.72. The molecule has 0 bridgehead atoms. The van der Waals surface area contributed by atoms with Gasteiger partial charge in [0, 0.05) is 6.07 Å². The first kappa shape index (κ1) is 8.11. The Hall–Kier alpha value is -0.990. The molecule has 1 heterocycles. The summed E-state index contributed by atoms with van der Waals surface area (Å²) in [5.74, 6) is 1.11. The van der Waals surface area contributed by atoms with Crippen LogP contribution in [0.15, 0.2) is 10.6 Å². The van der Waals surface area contributed by atoms with Gasteiger partial charge in [0.15, 0.2) is 0 Å². The molecule has 0 aliphatic heterocycles. The summed E-state index contributed by atoms with van der Waals surface area (Å²) in [5.41, 5.74) is 6.31. The second-order valence-electron chi connectivity index (χ2n) is 3.15. The zero-order chi connectivity index (χ0) is 8.27. The van der Waals surface area contributed by atoms with Crippen molar-refractivity contribution in [3.8, 4) is 0 Å². The lowest BCUT2D eigenvalue weighted by atomic mass is 10.1. The normalized spacial score (nSPS) is 10.8. The minimum Gasteiger partial charge on any atom is -0.368 e. The molecular formula is C8H14N2O. The van der Waals surface area contributed by atoms with Gasteiger partial charge in [0.2, 0.25) is 5.88 Å². The fourth-order valence-electron chi connectivity index (χ4n) is 0.883. The number of nitrogen functional groups attached to an aromatic ring is 1. The summed E-state index contributed by atoms with van der Waals surface area (Å²) in [5, 5.41) is 3.79. The number of nitrogens with zero attached hydrogens (tertiary/aromatic N) is 1. The highest BCUT2D eigenvalue weighted by atomic mass is 16.5. The van der Waals surface area contributed by atoms with Crippen molar-refractivity contribution < 1.29 is 4.52 Å². The number of nitrogens with two attached hydrogens (primary N) is 1. The molecule has 0 saturated carbocycles. The molecule has 11 heavy (non-hydrogen) atoms. The number of aryl methyl sites for hydroxylation is 1. The Labute approximate surface area is 66.6 Å². The van der Waals surface area contributed by atoms with Gasteiger partial charge in [-0.1, -0.05) is 19.0 Å². The molecule has 0 unspecified atom stereocenters. The molecular weight excluding hydrogens is 140 g/mol. The van der Waals surface area contributed by atoms with E-state index in [1.165, 1.54) is 0 Å². The summed E-state index contributed by atoms with van der Waals surface area (Å²) >= 11 is 0. The van der Waals surface area contributed by atoms with Crippen LogP contribution >= 0.6 is 0 Å². The van der Waals surface area contributed by atoms with Gasteiger partial charge in [-0.25, -0.2) is 0 Å². The number of rotatable bonds is 3. The first-order valence-electron chi connectivity index (χ1n) is 3.89. The highest BCUT2D eigenvalue weighted by Gasteiger charge is 2.01. The van der Waals surface area contributed by atoms with E-state index in [1.807, 2.05) is 0 Å². The van der Waals surface area contributed by atoms with Crippen molar-refractivity contribution in [1.82, 2.24) is 5.16 Å². The highest BCUT2D eigenvalue weighted by Crippen LogP contribution is 2.10. The third-order valence-electron chi connectivity index (χ3n) is 1.56. The molecule has 0 spiro atoms. The summed E-state index contributed by atoms with van der Waals surface area (Å²) in [6.07, 6.45) is 2.09. The van der Waals surface area contributed by atoms with Crippen LogP contribution in [0.3, 0.4) is 0 Å². The van der Waals surface area contributed by atoms with Crippen molar-refractivity contribution in [1.29, 1.82) is 0 Å².